The number of hydrogen-bond acceptors (Lipinski definition) is 4. The van der Waals surface area contributed by atoms with Gasteiger partial charge in [-0.15, -0.1) is 0 Å². The summed E-state index contributed by atoms with van der Waals surface area (Å²) >= 11 is 0. The zero-order valence-corrected chi connectivity index (χ0v) is 16.8. The van der Waals surface area contributed by atoms with E-state index in [0.717, 1.165) is 16.9 Å². The molecule has 1 saturated heterocycles. The van der Waals surface area contributed by atoms with Gasteiger partial charge >= 0.3 is 0 Å². The summed E-state index contributed by atoms with van der Waals surface area (Å²) in [5, 5.41) is 2.76. The van der Waals surface area contributed by atoms with Crippen LogP contribution in [0.2, 0.25) is 0 Å². The molecule has 1 heterocycles. The minimum Gasteiger partial charge on any atom is -0.496 e. The van der Waals surface area contributed by atoms with E-state index in [1.807, 2.05) is 34.9 Å². The maximum atomic E-state index is 12.9. The number of halogens is 1. The van der Waals surface area contributed by atoms with Crippen LogP contribution in [0.3, 0.4) is 0 Å². The van der Waals surface area contributed by atoms with E-state index in [0.29, 0.717) is 38.3 Å². The van der Waals surface area contributed by atoms with Crippen LogP contribution in [0.1, 0.15) is 11.1 Å². The van der Waals surface area contributed by atoms with Gasteiger partial charge in [0.05, 0.1) is 20.1 Å². The van der Waals surface area contributed by atoms with Gasteiger partial charge in [0.1, 0.15) is 11.6 Å². The first-order chi connectivity index (χ1) is 13.9. The second-order valence-corrected chi connectivity index (χ2v) is 7.20. The average molecular weight is 399 g/mol. The Hall–Kier alpha value is -2.93. The van der Waals surface area contributed by atoms with Crippen molar-refractivity contribution >= 4 is 17.5 Å². The molecule has 0 atom stereocenters. The molecule has 1 aliphatic heterocycles. The number of nitrogens with zero attached hydrogens (tertiary/aromatic N) is 2. The molecule has 1 fully saturated rings. The Morgan fingerprint density at radius 3 is 2.41 bits per heavy atom. The number of benzene rings is 2. The Morgan fingerprint density at radius 1 is 1.07 bits per heavy atom. The minimum absolute atomic E-state index is 0.0595. The number of piperazine rings is 1. The van der Waals surface area contributed by atoms with Crippen LogP contribution >= 0.6 is 0 Å². The molecule has 0 radical (unpaired) electrons. The first-order valence-electron chi connectivity index (χ1n) is 9.63. The van der Waals surface area contributed by atoms with Gasteiger partial charge in [-0.3, -0.25) is 14.5 Å². The van der Waals surface area contributed by atoms with Crippen LogP contribution in [0.5, 0.6) is 5.75 Å². The molecule has 2 aromatic rings. The van der Waals surface area contributed by atoms with E-state index in [2.05, 4.69) is 5.32 Å². The summed E-state index contributed by atoms with van der Waals surface area (Å²) in [5.74, 6) is 0.289. The van der Waals surface area contributed by atoms with Gasteiger partial charge in [-0.05, 0) is 37.3 Å². The summed E-state index contributed by atoms with van der Waals surface area (Å²) in [6.07, 6.45) is 0.301. The predicted molar refractivity (Wildman–Crippen MR) is 109 cm³/mol. The van der Waals surface area contributed by atoms with Gasteiger partial charge in [0.2, 0.25) is 11.8 Å². The number of carbonyl (C=O) groups excluding carboxylic acids is 2. The highest BCUT2D eigenvalue weighted by molar-refractivity contribution is 5.92. The first kappa shape index (κ1) is 20.8. The third-order valence-corrected chi connectivity index (χ3v) is 5.00. The van der Waals surface area contributed by atoms with Crippen molar-refractivity contribution in [2.45, 2.75) is 13.3 Å². The Balaban J connectivity index is 1.47. The fourth-order valence-electron chi connectivity index (χ4n) is 3.41. The molecule has 3 rings (SSSR count). The molecule has 0 bridgehead atoms. The molecule has 1 aliphatic rings. The van der Waals surface area contributed by atoms with Crippen molar-refractivity contribution < 1.29 is 18.7 Å². The fourth-order valence-corrected chi connectivity index (χ4v) is 3.41. The van der Waals surface area contributed by atoms with Gasteiger partial charge in [-0.1, -0.05) is 17.7 Å². The van der Waals surface area contributed by atoms with Crippen molar-refractivity contribution in [3.05, 3.63) is 59.4 Å². The molecule has 2 aromatic carbocycles. The molecule has 0 aliphatic carbocycles. The molecule has 154 valence electrons. The third kappa shape index (κ3) is 5.77. The van der Waals surface area contributed by atoms with E-state index < -0.39 is 0 Å². The zero-order chi connectivity index (χ0) is 20.8. The van der Waals surface area contributed by atoms with E-state index in [9.17, 15) is 14.0 Å². The van der Waals surface area contributed by atoms with E-state index in [-0.39, 0.29) is 24.2 Å². The number of amides is 2. The summed E-state index contributed by atoms with van der Waals surface area (Å²) < 4.78 is 18.3. The lowest BCUT2D eigenvalue weighted by Crippen LogP contribution is -2.50. The molecule has 1 N–H and O–H groups in total. The molecule has 0 spiro atoms. The Morgan fingerprint density at radius 2 is 1.76 bits per heavy atom. The maximum absolute atomic E-state index is 12.9. The maximum Gasteiger partial charge on any atom is 0.238 e. The Bertz CT molecular complexity index is 862. The molecule has 0 aromatic heterocycles. The summed E-state index contributed by atoms with van der Waals surface area (Å²) in [4.78, 5) is 28.7. The van der Waals surface area contributed by atoms with E-state index >= 15 is 0 Å². The number of ether oxygens (including phenoxy) is 1. The summed E-state index contributed by atoms with van der Waals surface area (Å²) in [6.45, 7) is 4.66. The van der Waals surface area contributed by atoms with Gasteiger partial charge < -0.3 is 15.0 Å². The lowest BCUT2D eigenvalue weighted by atomic mass is 10.1. The van der Waals surface area contributed by atoms with Crippen molar-refractivity contribution in [3.63, 3.8) is 0 Å². The lowest BCUT2D eigenvalue weighted by Gasteiger charge is -2.34. The van der Waals surface area contributed by atoms with Crippen LogP contribution in [0, 0.1) is 12.7 Å². The monoisotopic (exact) mass is 399 g/mol. The van der Waals surface area contributed by atoms with Crippen molar-refractivity contribution in [1.29, 1.82) is 0 Å². The topological polar surface area (TPSA) is 61.9 Å². The van der Waals surface area contributed by atoms with E-state index in [4.69, 9.17) is 4.74 Å². The molecular formula is C22H26FN3O3. The fraction of sp³-hybridized carbons (Fsp3) is 0.364. The van der Waals surface area contributed by atoms with Crippen LogP contribution in [0.15, 0.2) is 42.5 Å². The third-order valence-electron chi connectivity index (χ3n) is 5.00. The van der Waals surface area contributed by atoms with Crippen LogP contribution in [-0.2, 0) is 16.0 Å². The largest absolute Gasteiger partial charge is 0.496 e. The van der Waals surface area contributed by atoms with Crippen molar-refractivity contribution in [3.8, 4) is 5.75 Å². The van der Waals surface area contributed by atoms with Crippen molar-refractivity contribution in [2.24, 2.45) is 0 Å². The van der Waals surface area contributed by atoms with Crippen molar-refractivity contribution in [2.75, 3.05) is 45.2 Å². The molecule has 29 heavy (non-hydrogen) atoms. The molecule has 2 amide bonds. The minimum atomic E-state index is -0.341. The highest BCUT2D eigenvalue weighted by Crippen LogP contribution is 2.21. The van der Waals surface area contributed by atoms with E-state index in [1.54, 1.807) is 7.11 Å². The second kappa shape index (κ2) is 9.52. The average Bonchev–Trinajstić information content (AvgIpc) is 2.70. The number of hydrogen-bond donors (Lipinski definition) is 1. The molecule has 0 saturated carbocycles. The number of aryl methyl sites for hydroxylation is 1. The normalized spacial score (nSPS) is 14.5. The van der Waals surface area contributed by atoms with Crippen LogP contribution in [-0.4, -0.2) is 61.4 Å². The highest BCUT2D eigenvalue weighted by Gasteiger charge is 2.23. The van der Waals surface area contributed by atoms with Crippen molar-refractivity contribution in [1.82, 2.24) is 9.80 Å². The summed E-state index contributed by atoms with van der Waals surface area (Å²) in [6, 6.07) is 11.5. The second-order valence-electron chi connectivity index (χ2n) is 7.20. The smallest absolute Gasteiger partial charge is 0.238 e. The predicted octanol–water partition coefficient (Wildman–Crippen LogP) is 2.47. The number of methoxy groups -OCH3 is 1. The Labute approximate surface area is 170 Å². The van der Waals surface area contributed by atoms with Crippen LogP contribution in [0.25, 0.3) is 0 Å². The van der Waals surface area contributed by atoms with Crippen LogP contribution < -0.4 is 10.1 Å². The van der Waals surface area contributed by atoms with Gasteiger partial charge in [0.15, 0.2) is 0 Å². The number of nitrogens with one attached hydrogen (secondary N) is 1. The quantitative estimate of drug-likeness (QED) is 0.811. The van der Waals surface area contributed by atoms with Gasteiger partial charge in [0.25, 0.3) is 0 Å². The molecular weight excluding hydrogens is 373 g/mol. The van der Waals surface area contributed by atoms with E-state index in [1.165, 1.54) is 24.3 Å². The lowest BCUT2D eigenvalue weighted by molar-refractivity contribution is -0.132. The van der Waals surface area contributed by atoms with Gasteiger partial charge in [0, 0.05) is 37.4 Å². The first-order valence-corrected chi connectivity index (χ1v) is 9.63. The number of rotatable bonds is 6. The number of carbonyl (C=O) groups is 2. The van der Waals surface area contributed by atoms with Gasteiger partial charge in [-0.2, -0.15) is 0 Å². The van der Waals surface area contributed by atoms with Crippen LogP contribution in [0.4, 0.5) is 10.1 Å². The number of anilines is 1. The molecule has 0 unspecified atom stereocenters. The Kier molecular flexibility index (Phi) is 6.82. The SMILES string of the molecule is COc1ccc(C)cc1CC(=O)N1CCN(CC(=O)Nc2ccc(F)cc2)CC1. The summed E-state index contributed by atoms with van der Waals surface area (Å²) in [5.41, 5.74) is 2.54. The highest BCUT2D eigenvalue weighted by atomic mass is 19.1. The molecule has 6 nitrogen and oxygen atoms in total. The van der Waals surface area contributed by atoms with Gasteiger partial charge in [-0.25, -0.2) is 4.39 Å². The molecule has 7 heteroatoms. The zero-order valence-electron chi connectivity index (χ0n) is 16.8. The standard InChI is InChI=1S/C22H26FN3O3/c1-16-3-8-20(29-2)17(13-16)14-22(28)26-11-9-25(10-12-26)15-21(27)24-19-6-4-18(23)5-7-19/h3-8,13H,9-12,14-15H2,1-2H3,(H,24,27). The summed E-state index contributed by atoms with van der Waals surface area (Å²) in [7, 11) is 1.61.